The number of aromatic hydroxyl groups is 2. The maximum Gasteiger partial charge on any atom is 0.309 e. The zero-order valence-corrected chi connectivity index (χ0v) is 77.2. The molecule has 0 bridgehead atoms. The van der Waals surface area contributed by atoms with Crippen LogP contribution in [0, 0.1) is 75.9 Å². The molecule has 3 saturated carbocycles. The third kappa shape index (κ3) is 21.8. The molecule has 18 atom stereocenters. The molecule has 1 aromatic rings. The quantitative estimate of drug-likeness (QED) is 0.0563. The van der Waals surface area contributed by atoms with Crippen molar-refractivity contribution in [2.75, 3.05) is 55.9 Å². The molecule has 118 heavy (non-hydrogen) atoms. The maximum atomic E-state index is 15.1. The number of phenolic OH excluding ortho intramolecular Hbond substituents is 2. The Bertz CT molecular complexity index is 3870. The number of carboxylic acid groups (broad SMARTS) is 1. The largest absolute Gasteiger partial charge is 0.504 e. The lowest BCUT2D eigenvalue weighted by molar-refractivity contribution is -0.177. The predicted molar refractivity (Wildman–Crippen MR) is 458 cm³/mol. The Balaban J connectivity index is 0.000000612. The van der Waals surface area contributed by atoms with Gasteiger partial charge in [-0.25, -0.2) is 0 Å². The van der Waals surface area contributed by atoms with Crippen molar-refractivity contribution in [3.63, 3.8) is 0 Å². The van der Waals surface area contributed by atoms with Gasteiger partial charge in [-0.1, -0.05) is 148 Å². The number of aliphatic carboxylic acids is 1. The second-order valence-electron chi connectivity index (χ2n) is 39.2. The molecule has 4 fully saturated rings. The topological polar surface area (TPSA) is 357 Å². The summed E-state index contributed by atoms with van der Waals surface area (Å²) in [6.07, 6.45) is 13.1. The highest BCUT2D eigenvalue weighted by molar-refractivity contribution is 6.00. The molecule has 27 heteroatoms. The van der Waals surface area contributed by atoms with E-state index in [2.05, 4.69) is 55.0 Å². The highest BCUT2D eigenvalue weighted by Gasteiger charge is 2.67. The van der Waals surface area contributed by atoms with Crippen molar-refractivity contribution in [3.05, 3.63) is 46.6 Å². The number of aliphatic hydroxyl groups is 1. The van der Waals surface area contributed by atoms with Gasteiger partial charge in [-0.05, 0) is 211 Å². The summed E-state index contributed by atoms with van der Waals surface area (Å²) in [5, 5.41) is 54.0. The molecular weight excluding hydrogens is 1500 g/mol. The van der Waals surface area contributed by atoms with Crippen molar-refractivity contribution in [1.29, 1.82) is 0 Å². The monoisotopic (exact) mass is 1650 g/mol. The van der Waals surface area contributed by atoms with Crippen LogP contribution in [0.4, 0.5) is 0 Å². The van der Waals surface area contributed by atoms with E-state index in [1.54, 1.807) is 54.5 Å². The minimum Gasteiger partial charge on any atom is -0.504 e. The van der Waals surface area contributed by atoms with E-state index in [1.807, 2.05) is 81.4 Å². The number of rotatable bonds is 16. The number of phenols is 2. The minimum atomic E-state index is -1.61. The lowest BCUT2D eigenvalue weighted by Crippen LogP contribution is -2.63. The van der Waals surface area contributed by atoms with Gasteiger partial charge in [0.2, 0.25) is 65.0 Å². The van der Waals surface area contributed by atoms with Crippen molar-refractivity contribution in [2.24, 2.45) is 69.0 Å². The van der Waals surface area contributed by atoms with Gasteiger partial charge in [0.15, 0.2) is 11.5 Å². The molecule has 1 aliphatic heterocycles. The summed E-state index contributed by atoms with van der Waals surface area (Å²) in [7, 11) is 9.92. The summed E-state index contributed by atoms with van der Waals surface area (Å²) in [4.78, 5) is 181. The molecule has 0 aromatic heterocycles. The van der Waals surface area contributed by atoms with Crippen LogP contribution >= 0.6 is 0 Å². The summed E-state index contributed by atoms with van der Waals surface area (Å²) in [6, 6.07) is -10.5. The number of aliphatic hydroxyl groups excluding tert-OH is 1. The number of allylic oxidation sites excluding steroid dienone is 4. The van der Waals surface area contributed by atoms with E-state index in [4.69, 9.17) is 0 Å². The van der Waals surface area contributed by atoms with E-state index in [0.29, 0.717) is 12.3 Å². The molecular formula is C91H151N11O16. The summed E-state index contributed by atoms with van der Waals surface area (Å²) in [6.45, 7) is 42.9. The van der Waals surface area contributed by atoms with E-state index in [9.17, 15) is 68.4 Å². The first kappa shape index (κ1) is 100. The smallest absolute Gasteiger partial charge is 0.309 e. The minimum absolute atomic E-state index is 0.00431. The fourth-order valence-corrected chi connectivity index (χ4v) is 19.6. The Morgan fingerprint density at radius 2 is 1.03 bits per heavy atom. The SMILES string of the molecule is CC=CCC(C)C(O)C1C(=O)NC(CC)C(=O)N(C)CC(=O)N(C)C(CC(C)C)C(=O)NC(C(C)C)C(=O)N(C)C(CC(C)C)C(=O)NC(C)C(=O)NC(C)C(=O)N(C)C(CC(C)C)C(=O)N(C)C(CC(C)C)C(=O)N(C)C(C(C)C)C(=O)N1C.Cc1c(O)c(O)cc2c1CC=C1C2(C)CCC2(C)C3CC(C)(C(=O)O)CCC3(C)CCC12C. The number of nitrogens with one attached hydrogen (secondary N) is 4. The molecule has 5 aliphatic rings. The van der Waals surface area contributed by atoms with Gasteiger partial charge in [-0.2, -0.15) is 0 Å². The molecule has 666 valence electrons. The van der Waals surface area contributed by atoms with Gasteiger partial charge in [-0.3, -0.25) is 57.5 Å². The van der Waals surface area contributed by atoms with Crippen LogP contribution in [0.15, 0.2) is 29.9 Å². The zero-order chi connectivity index (χ0) is 90.2. The standard InChI is InChI=1S/C62H111N11O12.C29H40O4/c1-25-27-28-40(15)52(75)51-56(79)65-43(26-2)58(81)67(18)33-48(74)68(19)44(29-34(3)4)55(78)66-49(38(11)12)61(84)69(20)45(30-35(5)6)54(77)63-41(16)53(76)64-42(17)57(80)70(21)46(31-36(7)8)59(82)71(22)47(32-37(9)10)60(83)72(23)50(39(13)14)62(85)73(51)24;1-17-18-7-8-21-27(4,19(18)15-20(30)23(17)31)12-14-29(6)22-16-26(3,24(32)33)10-9-25(22,2)11-13-28(21,29)5/h25,27,34-47,49-52,75H,26,28-33H2,1-24H3,(H,63,77)(H,64,76)(H,65,79)(H,66,78);8,15,22,30-31H,7,9-14,16H2,1-6H3,(H,32,33). The molecule has 1 saturated heterocycles. The Hall–Kier alpha value is -8.10. The van der Waals surface area contributed by atoms with Crippen molar-refractivity contribution in [2.45, 2.75) is 321 Å². The molecule has 11 amide bonds. The van der Waals surface area contributed by atoms with Crippen molar-refractivity contribution in [1.82, 2.24) is 55.6 Å². The Morgan fingerprint density at radius 1 is 0.551 bits per heavy atom. The van der Waals surface area contributed by atoms with Crippen molar-refractivity contribution >= 4 is 70.9 Å². The van der Waals surface area contributed by atoms with E-state index in [1.165, 1.54) is 98.8 Å². The first-order valence-electron chi connectivity index (χ1n) is 43.3. The predicted octanol–water partition coefficient (Wildman–Crippen LogP) is 9.91. The van der Waals surface area contributed by atoms with Crippen LogP contribution in [-0.2, 0) is 69.4 Å². The first-order chi connectivity index (χ1) is 54.4. The normalized spacial score (nSPS) is 31.7. The van der Waals surface area contributed by atoms with Crippen molar-refractivity contribution in [3.8, 4) is 11.5 Å². The van der Waals surface area contributed by atoms with Crippen molar-refractivity contribution < 1.29 is 78.0 Å². The average Bonchev–Trinajstić information content (AvgIpc) is 0.676. The number of carboxylic acids is 1. The number of carbonyl (C=O) groups is 12. The third-order valence-electron chi connectivity index (χ3n) is 27.7. The van der Waals surface area contributed by atoms with Crippen LogP contribution in [0.25, 0.3) is 0 Å². The van der Waals surface area contributed by atoms with Gasteiger partial charge in [-0.15, -0.1) is 0 Å². The average molecular weight is 1660 g/mol. The number of benzene rings is 1. The fourth-order valence-electron chi connectivity index (χ4n) is 19.6. The van der Waals surface area contributed by atoms with Crippen LogP contribution < -0.4 is 21.3 Å². The lowest BCUT2D eigenvalue weighted by Gasteiger charge is -2.69. The Kier molecular flexibility index (Phi) is 34.5. The summed E-state index contributed by atoms with van der Waals surface area (Å²) >= 11 is 0. The second-order valence-corrected chi connectivity index (χ2v) is 39.2. The molecule has 8 N–H and O–H groups in total. The van der Waals surface area contributed by atoms with Gasteiger partial charge in [0.25, 0.3) is 0 Å². The Morgan fingerprint density at radius 3 is 1.54 bits per heavy atom. The molecule has 1 aromatic carbocycles. The summed E-state index contributed by atoms with van der Waals surface area (Å²) in [5.74, 6) is -9.99. The molecule has 6 rings (SSSR count). The molecule has 27 nitrogen and oxygen atoms in total. The van der Waals surface area contributed by atoms with E-state index >= 15 is 9.59 Å². The molecule has 0 spiro atoms. The number of likely N-dealkylation sites (N-methyl/N-ethyl adjacent to an activating group) is 7. The summed E-state index contributed by atoms with van der Waals surface area (Å²) in [5.41, 5.74) is 4.00. The number of nitrogens with zero attached hydrogens (tertiary/aromatic N) is 7. The first-order valence-corrected chi connectivity index (χ1v) is 43.3. The van der Waals surface area contributed by atoms with Gasteiger partial charge in [0.05, 0.1) is 18.1 Å². The van der Waals surface area contributed by atoms with Gasteiger partial charge in [0.1, 0.15) is 60.4 Å². The second kappa shape index (κ2) is 40.5. The van der Waals surface area contributed by atoms with E-state index < -0.39 is 167 Å². The molecule has 1 heterocycles. The molecule has 0 radical (unpaired) electrons. The van der Waals surface area contributed by atoms with Gasteiger partial charge in [0, 0.05) is 54.7 Å². The fraction of sp³-hybridized carbons (Fsp3) is 0.758. The third-order valence-corrected chi connectivity index (χ3v) is 27.7. The molecule has 4 aliphatic carbocycles. The van der Waals surface area contributed by atoms with Gasteiger partial charge < -0.3 is 76.0 Å². The number of amides is 11. The lowest BCUT2D eigenvalue weighted by atomic mass is 9.34. The van der Waals surface area contributed by atoms with Crippen LogP contribution in [0.1, 0.15) is 252 Å². The van der Waals surface area contributed by atoms with Crippen LogP contribution in [0.2, 0.25) is 0 Å². The van der Waals surface area contributed by atoms with E-state index in [-0.39, 0.29) is 88.9 Å². The highest BCUT2D eigenvalue weighted by atomic mass is 16.4. The van der Waals surface area contributed by atoms with Gasteiger partial charge >= 0.3 is 5.97 Å². The highest BCUT2D eigenvalue weighted by Crippen LogP contribution is 2.75. The molecule has 18 unspecified atom stereocenters. The Labute approximate surface area is 705 Å². The van der Waals surface area contributed by atoms with E-state index in [0.717, 1.165) is 72.3 Å². The number of hydrogen-bond donors (Lipinski definition) is 8. The number of hydrogen-bond acceptors (Lipinski definition) is 15. The number of fused-ring (bicyclic) bond motifs is 7. The summed E-state index contributed by atoms with van der Waals surface area (Å²) < 4.78 is 0. The van der Waals surface area contributed by atoms with Crippen LogP contribution in [-0.4, -0.2) is 248 Å². The maximum absolute atomic E-state index is 15.1. The van der Waals surface area contributed by atoms with Crippen LogP contribution in [0.3, 0.4) is 0 Å². The zero-order valence-electron chi connectivity index (χ0n) is 77.2. The number of carbonyl (C=O) groups excluding carboxylic acids is 11. The van der Waals surface area contributed by atoms with Crippen LogP contribution in [0.5, 0.6) is 11.5 Å².